The van der Waals surface area contributed by atoms with E-state index in [2.05, 4.69) is 10.2 Å². The second-order valence-electron chi connectivity index (χ2n) is 6.81. The lowest BCUT2D eigenvalue weighted by molar-refractivity contribution is -0.118. The molecule has 0 radical (unpaired) electrons. The molecule has 0 spiro atoms. The van der Waals surface area contributed by atoms with E-state index in [0.29, 0.717) is 17.1 Å². The fourth-order valence-corrected chi connectivity index (χ4v) is 3.30. The monoisotopic (exact) mass is 382 g/mol. The van der Waals surface area contributed by atoms with Crippen molar-refractivity contribution in [2.75, 3.05) is 37.0 Å². The maximum absolute atomic E-state index is 12.2. The van der Waals surface area contributed by atoms with Gasteiger partial charge < -0.3 is 19.7 Å². The zero-order chi connectivity index (χ0) is 19.8. The van der Waals surface area contributed by atoms with Gasteiger partial charge in [-0.25, -0.2) is 0 Å². The largest absolute Gasteiger partial charge is 0.493 e. The molecule has 1 aliphatic rings. The van der Waals surface area contributed by atoms with Gasteiger partial charge in [0.15, 0.2) is 18.1 Å². The molecule has 1 saturated heterocycles. The van der Waals surface area contributed by atoms with Crippen molar-refractivity contribution in [3.8, 4) is 11.5 Å². The average molecular weight is 382 g/mol. The molecule has 1 heterocycles. The Kier molecular flexibility index (Phi) is 6.89. The zero-order valence-electron chi connectivity index (χ0n) is 16.1. The number of aldehydes is 1. The lowest BCUT2D eigenvalue weighted by Gasteiger charge is -2.22. The third kappa shape index (κ3) is 5.25. The number of carbonyl (C=O) groups is 2. The van der Waals surface area contributed by atoms with Crippen molar-refractivity contribution >= 4 is 23.6 Å². The fourth-order valence-electron chi connectivity index (χ4n) is 3.30. The third-order valence-electron chi connectivity index (χ3n) is 4.80. The smallest absolute Gasteiger partial charge is 0.262 e. The van der Waals surface area contributed by atoms with Gasteiger partial charge in [-0.15, -0.1) is 0 Å². The van der Waals surface area contributed by atoms with Crippen LogP contribution in [0.25, 0.3) is 0 Å². The minimum absolute atomic E-state index is 0.148. The molecular weight excluding hydrogens is 356 g/mol. The number of ether oxygens (including phenoxy) is 2. The van der Waals surface area contributed by atoms with Crippen LogP contribution in [0.5, 0.6) is 11.5 Å². The Hall–Kier alpha value is -3.02. The van der Waals surface area contributed by atoms with Gasteiger partial charge in [0.1, 0.15) is 6.29 Å². The Morgan fingerprint density at radius 3 is 2.39 bits per heavy atom. The number of hydrogen-bond donors (Lipinski definition) is 1. The standard InChI is InChI=1S/C22H26N2O4/c1-27-21-14-17(15-25)6-11-20(21)28-16-22(26)23-18-7-9-19(10-8-18)24-12-4-2-3-5-13-24/h6-11,14-15H,2-5,12-13,16H2,1H3,(H,23,26). The van der Waals surface area contributed by atoms with E-state index in [0.717, 1.165) is 25.1 Å². The van der Waals surface area contributed by atoms with Gasteiger partial charge in [-0.05, 0) is 55.3 Å². The average Bonchev–Trinajstić information content (AvgIpc) is 3.02. The Bertz CT molecular complexity index is 797. The van der Waals surface area contributed by atoms with E-state index in [1.165, 1.54) is 38.5 Å². The summed E-state index contributed by atoms with van der Waals surface area (Å²) in [6.45, 7) is 2.03. The van der Waals surface area contributed by atoms with Crippen molar-refractivity contribution in [2.24, 2.45) is 0 Å². The number of anilines is 2. The number of methoxy groups -OCH3 is 1. The highest BCUT2D eigenvalue weighted by Crippen LogP contribution is 2.27. The predicted molar refractivity (Wildman–Crippen MR) is 110 cm³/mol. The van der Waals surface area contributed by atoms with Gasteiger partial charge in [0, 0.05) is 30.0 Å². The maximum Gasteiger partial charge on any atom is 0.262 e. The lowest BCUT2D eigenvalue weighted by atomic mass is 10.2. The number of hydrogen-bond acceptors (Lipinski definition) is 5. The number of rotatable bonds is 7. The Morgan fingerprint density at radius 2 is 1.75 bits per heavy atom. The molecule has 1 N–H and O–H groups in total. The summed E-state index contributed by atoms with van der Waals surface area (Å²) in [5, 5.41) is 2.84. The molecular formula is C22H26N2O4. The summed E-state index contributed by atoms with van der Waals surface area (Å²) in [7, 11) is 1.49. The molecule has 3 rings (SSSR count). The SMILES string of the molecule is COc1cc(C=O)ccc1OCC(=O)Nc1ccc(N2CCCCCC2)cc1. The highest BCUT2D eigenvalue weighted by Gasteiger charge is 2.11. The summed E-state index contributed by atoms with van der Waals surface area (Å²) in [5.41, 5.74) is 2.41. The molecule has 2 aromatic rings. The minimum atomic E-state index is -0.260. The van der Waals surface area contributed by atoms with Crippen molar-refractivity contribution in [2.45, 2.75) is 25.7 Å². The van der Waals surface area contributed by atoms with Crippen LogP contribution in [-0.4, -0.2) is 39.0 Å². The first-order chi connectivity index (χ1) is 13.7. The summed E-state index contributed by atoms with van der Waals surface area (Å²) >= 11 is 0. The molecule has 0 unspecified atom stereocenters. The molecule has 1 amide bonds. The van der Waals surface area contributed by atoms with Crippen LogP contribution in [0.2, 0.25) is 0 Å². The molecule has 0 bridgehead atoms. The van der Waals surface area contributed by atoms with Crippen molar-refractivity contribution in [1.82, 2.24) is 0 Å². The molecule has 0 aromatic heterocycles. The van der Waals surface area contributed by atoms with Crippen molar-refractivity contribution < 1.29 is 19.1 Å². The van der Waals surface area contributed by atoms with E-state index in [4.69, 9.17) is 9.47 Å². The molecule has 0 aliphatic carbocycles. The molecule has 0 saturated carbocycles. The second kappa shape index (κ2) is 9.78. The first-order valence-electron chi connectivity index (χ1n) is 9.60. The third-order valence-corrected chi connectivity index (χ3v) is 4.80. The van der Waals surface area contributed by atoms with E-state index in [-0.39, 0.29) is 12.5 Å². The van der Waals surface area contributed by atoms with Crippen molar-refractivity contribution in [3.63, 3.8) is 0 Å². The number of carbonyl (C=O) groups excluding carboxylic acids is 2. The van der Waals surface area contributed by atoms with Gasteiger partial charge in [-0.2, -0.15) is 0 Å². The van der Waals surface area contributed by atoms with Crippen LogP contribution in [0.15, 0.2) is 42.5 Å². The van der Waals surface area contributed by atoms with Gasteiger partial charge in [0.05, 0.1) is 7.11 Å². The molecule has 1 fully saturated rings. The van der Waals surface area contributed by atoms with Crippen LogP contribution in [-0.2, 0) is 4.79 Å². The summed E-state index contributed by atoms with van der Waals surface area (Å²) in [5.74, 6) is 0.572. The highest BCUT2D eigenvalue weighted by atomic mass is 16.5. The summed E-state index contributed by atoms with van der Waals surface area (Å²) in [6.07, 6.45) is 5.79. The fraction of sp³-hybridized carbons (Fsp3) is 0.364. The number of amides is 1. The molecule has 0 atom stereocenters. The van der Waals surface area contributed by atoms with Crippen LogP contribution in [0.3, 0.4) is 0 Å². The van der Waals surface area contributed by atoms with Gasteiger partial charge in [0.25, 0.3) is 5.91 Å². The van der Waals surface area contributed by atoms with Crippen molar-refractivity contribution in [1.29, 1.82) is 0 Å². The lowest BCUT2D eigenvalue weighted by Crippen LogP contribution is -2.24. The Balaban J connectivity index is 1.54. The minimum Gasteiger partial charge on any atom is -0.493 e. The molecule has 1 aliphatic heterocycles. The first-order valence-corrected chi connectivity index (χ1v) is 9.60. The molecule has 6 heteroatoms. The maximum atomic E-state index is 12.2. The predicted octanol–water partition coefficient (Wildman–Crippen LogP) is 3.91. The van der Waals surface area contributed by atoms with Crippen LogP contribution in [0, 0.1) is 0 Å². The normalized spacial score (nSPS) is 14.1. The van der Waals surface area contributed by atoms with Crippen LogP contribution >= 0.6 is 0 Å². The van der Waals surface area contributed by atoms with Gasteiger partial charge >= 0.3 is 0 Å². The van der Waals surface area contributed by atoms with Crippen LogP contribution in [0.1, 0.15) is 36.0 Å². The van der Waals surface area contributed by atoms with Crippen LogP contribution in [0.4, 0.5) is 11.4 Å². The van der Waals surface area contributed by atoms with Gasteiger partial charge in [-0.1, -0.05) is 12.8 Å². The quantitative estimate of drug-likeness (QED) is 0.736. The van der Waals surface area contributed by atoms with E-state index >= 15 is 0 Å². The van der Waals surface area contributed by atoms with E-state index in [9.17, 15) is 9.59 Å². The number of benzene rings is 2. The van der Waals surface area contributed by atoms with Gasteiger partial charge in [-0.3, -0.25) is 9.59 Å². The number of nitrogens with zero attached hydrogens (tertiary/aromatic N) is 1. The topological polar surface area (TPSA) is 67.9 Å². The van der Waals surface area contributed by atoms with E-state index in [1.807, 2.05) is 24.3 Å². The summed E-state index contributed by atoms with van der Waals surface area (Å²) in [6, 6.07) is 12.7. The number of nitrogens with one attached hydrogen (secondary N) is 1. The summed E-state index contributed by atoms with van der Waals surface area (Å²) < 4.78 is 10.7. The second-order valence-corrected chi connectivity index (χ2v) is 6.81. The highest BCUT2D eigenvalue weighted by molar-refractivity contribution is 5.92. The molecule has 28 heavy (non-hydrogen) atoms. The first kappa shape index (κ1) is 19.7. The molecule has 6 nitrogen and oxygen atoms in total. The van der Waals surface area contributed by atoms with Gasteiger partial charge in [0.2, 0.25) is 0 Å². The molecule has 2 aromatic carbocycles. The van der Waals surface area contributed by atoms with E-state index in [1.54, 1.807) is 18.2 Å². The Morgan fingerprint density at radius 1 is 1.04 bits per heavy atom. The van der Waals surface area contributed by atoms with E-state index < -0.39 is 0 Å². The molecule has 148 valence electrons. The zero-order valence-corrected chi connectivity index (χ0v) is 16.1. The van der Waals surface area contributed by atoms with Crippen LogP contribution < -0.4 is 19.7 Å². The Labute approximate surface area is 165 Å². The van der Waals surface area contributed by atoms with Crippen molar-refractivity contribution in [3.05, 3.63) is 48.0 Å². The summed E-state index contributed by atoms with van der Waals surface area (Å²) in [4.78, 5) is 25.4.